The van der Waals surface area contributed by atoms with E-state index in [1.807, 2.05) is 35.3 Å². The Morgan fingerprint density at radius 1 is 1.24 bits per heavy atom. The number of allylic oxidation sites excluding steroid dienone is 3. The van der Waals surface area contributed by atoms with Crippen molar-refractivity contribution in [3.05, 3.63) is 60.7 Å². The van der Waals surface area contributed by atoms with Crippen molar-refractivity contribution in [1.82, 2.24) is 19.7 Å². The average Bonchev–Trinajstić information content (AvgIpc) is 3.27. The summed E-state index contributed by atoms with van der Waals surface area (Å²) in [5, 5.41) is 3.47. The highest BCUT2D eigenvalue weighted by atomic mass is 19.4. The Hall–Kier alpha value is -3.36. The smallest absolute Gasteiger partial charge is 0.345 e. The van der Waals surface area contributed by atoms with Gasteiger partial charge in [0.1, 0.15) is 0 Å². The van der Waals surface area contributed by atoms with Gasteiger partial charge in [-0.05, 0) is 48.4 Å². The van der Waals surface area contributed by atoms with Gasteiger partial charge in [0.15, 0.2) is 0 Å². The number of carbonyl (C=O) groups is 1. The molecule has 6 nitrogen and oxygen atoms in total. The highest BCUT2D eigenvalue weighted by molar-refractivity contribution is 6.05. The Kier molecular flexibility index (Phi) is 4.41. The largest absolute Gasteiger partial charge is 0.504 e. The minimum Gasteiger partial charge on any atom is -0.345 e. The number of amides is 1. The molecule has 0 bridgehead atoms. The van der Waals surface area contributed by atoms with Gasteiger partial charge in [-0.25, -0.2) is 4.98 Å². The number of β-lactam (4-membered cyclic amide) rings is 1. The van der Waals surface area contributed by atoms with Crippen LogP contribution < -0.4 is 4.90 Å². The summed E-state index contributed by atoms with van der Waals surface area (Å²) in [7, 11) is 0. The lowest BCUT2D eigenvalue weighted by molar-refractivity contribution is -0.212. The molecule has 3 aliphatic rings. The lowest BCUT2D eigenvalue weighted by Gasteiger charge is -2.57. The van der Waals surface area contributed by atoms with Gasteiger partial charge >= 0.3 is 6.30 Å². The monoisotopic (exact) mass is 467 g/mol. The van der Waals surface area contributed by atoms with Gasteiger partial charge in [0, 0.05) is 22.9 Å². The maximum absolute atomic E-state index is 13.3. The molecule has 3 aromatic rings. The van der Waals surface area contributed by atoms with E-state index in [0.29, 0.717) is 17.1 Å². The molecule has 0 radical (unpaired) electrons. The van der Waals surface area contributed by atoms with E-state index in [0.717, 1.165) is 35.8 Å². The highest BCUT2D eigenvalue weighted by Crippen LogP contribution is 2.56. The van der Waals surface area contributed by atoms with Gasteiger partial charge in [-0.1, -0.05) is 32.1 Å². The van der Waals surface area contributed by atoms with Crippen LogP contribution in [-0.4, -0.2) is 31.7 Å². The summed E-state index contributed by atoms with van der Waals surface area (Å²) < 4.78 is 39.0. The van der Waals surface area contributed by atoms with Gasteiger partial charge in [0.2, 0.25) is 5.91 Å². The number of fused-ring (bicyclic) bond motifs is 1. The number of aromatic amines is 1. The Balaban J connectivity index is 1.34. The number of nitrogens with one attached hydrogen (secondary N) is 1. The van der Waals surface area contributed by atoms with Crippen LogP contribution >= 0.6 is 0 Å². The fraction of sp³-hybridized carbons (Fsp3) is 0.400. The Labute approximate surface area is 194 Å². The predicted molar refractivity (Wildman–Crippen MR) is 121 cm³/mol. The SMILES string of the molecule is CC1C=C(c2cnn(C(F)(F)F)c2)C=CC1(C)[C@H]1[C@@H](C2CC2)C(=O)N1c1ccc2[nH]cnc2c1. The molecule has 34 heavy (non-hydrogen) atoms. The lowest BCUT2D eigenvalue weighted by Crippen LogP contribution is -2.69. The summed E-state index contributed by atoms with van der Waals surface area (Å²) >= 11 is 0. The van der Waals surface area contributed by atoms with Crippen molar-refractivity contribution >= 4 is 28.2 Å². The zero-order chi connectivity index (χ0) is 23.8. The Morgan fingerprint density at radius 3 is 2.71 bits per heavy atom. The number of alkyl halides is 3. The number of H-pyrrole nitrogens is 1. The van der Waals surface area contributed by atoms with Gasteiger partial charge in [0.05, 0.1) is 35.5 Å². The van der Waals surface area contributed by atoms with Crippen LogP contribution in [0.1, 0.15) is 32.3 Å². The third-order valence-electron chi connectivity index (χ3n) is 7.80. The average molecular weight is 467 g/mol. The standard InChI is InChI=1S/C25H24F3N5O/c1-14-9-16(17-11-31-32(12-17)25(26,27)28)7-8-24(14,2)22-21(15-3-4-15)23(34)33(22)18-5-6-19-20(10-18)30-13-29-19/h5-15,21-22H,3-4H2,1-2H3,(H,29,30)/t14?,21-,22-,24?/m1/s1. The van der Waals surface area contributed by atoms with Crippen molar-refractivity contribution in [2.75, 3.05) is 4.90 Å². The quantitative estimate of drug-likeness (QED) is 0.532. The van der Waals surface area contributed by atoms with E-state index in [9.17, 15) is 18.0 Å². The number of halogens is 3. The van der Waals surface area contributed by atoms with Crippen LogP contribution in [0.3, 0.4) is 0 Å². The summed E-state index contributed by atoms with van der Waals surface area (Å²) in [5.74, 6) is 0.494. The van der Waals surface area contributed by atoms with Crippen molar-refractivity contribution in [2.45, 2.75) is 39.0 Å². The lowest BCUT2D eigenvalue weighted by atomic mass is 9.60. The molecule has 1 aromatic carbocycles. The minimum atomic E-state index is -4.54. The molecular weight excluding hydrogens is 443 g/mol. The number of carbonyl (C=O) groups excluding carboxylic acids is 1. The fourth-order valence-electron chi connectivity index (χ4n) is 5.55. The second-order valence-corrected chi connectivity index (χ2v) is 9.87. The molecule has 0 spiro atoms. The molecular formula is C25H24F3N5O. The number of aromatic nitrogens is 4. The van der Waals surface area contributed by atoms with Crippen LogP contribution in [0.2, 0.25) is 0 Å². The molecule has 2 aromatic heterocycles. The molecule has 4 atom stereocenters. The molecule has 2 fully saturated rings. The first-order valence-electron chi connectivity index (χ1n) is 11.5. The van der Waals surface area contributed by atoms with Crippen LogP contribution in [0.5, 0.6) is 0 Å². The van der Waals surface area contributed by atoms with Gasteiger partial charge < -0.3 is 9.88 Å². The molecule has 1 saturated heterocycles. The molecule has 6 rings (SSSR count). The molecule has 9 heteroatoms. The van der Waals surface area contributed by atoms with Crippen molar-refractivity contribution in [1.29, 1.82) is 0 Å². The molecule has 2 aliphatic carbocycles. The fourth-order valence-corrected chi connectivity index (χ4v) is 5.55. The maximum atomic E-state index is 13.3. The second-order valence-electron chi connectivity index (χ2n) is 9.87. The predicted octanol–water partition coefficient (Wildman–Crippen LogP) is 5.27. The number of hydrogen-bond acceptors (Lipinski definition) is 3. The highest BCUT2D eigenvalue weighted by Gasteiger charge is 2.61. The number of imidazole rings is 1. The molecule has 1 saturated carbocycles. The Bertz CT molecular complexity index is 1350. The van der Waals surface area contributed by atoms with E-state index in [1.165, 1.54) is 6.20 Å². The molecule has 176 valence electrons. The van der Waals surface area contributed by atoms with Gasteiger partial charge in [-0.2, -0.15) is 9.78 Å². The van der Waals surface area contributed by atoms with Crippen molar-refractivity contribution in [3.63, 3.8) is 0 Å². The van der Waals surface area contributed by atoms with Crippen LogP contribution in [0.15, 0.2) is 55.1 Å². The minimum absolute atomic E-state index is 0.00213. The third kappa shape index (κ3) is 3.13. The van der Waals surface area contributed by atoms with Crippen molar-refractivity contribution < 1.29 is 18.0 Å². The van der Waals surface area contributed by atoms with Crippen molar-refractivity contribution in [3.8, 4) is 0 Å². The van der Waals surface area contributed by atoms with E-state index >= 15 is 0 Å². The van der Waals surface area contributed by atoms with Gasteiger partial charge in [-0.15, -0.1) is 13.2 Å². The van der Waals surface area contributed by atoms with Crippen LogP contribution in [0.25, 0.3) is 16.6 Å². The number of anilines is 1. The second kappa shape index (κ2) is 7.07. The van der Waals surface area contributed by atoms with Gasteiger partial charge in [0.25, 0.3) is 0 Å². The summed E-state index contributed by atoms with van der Waals surface area (Å²) in [6.07, 6.45) is 7.41. The normalized spacial score (nSPS) is 29.4. The van der Waals surface area contributed by atoms with Crippen LogP contribution in [0.4, 0.5) is 18.9 Å². The van der Waals surface area contributed by atoms with E-state index < -0.39 is 6.30 Å². The topological polar surface area (TPSA) is 66.8 Å². The zero-order valence-corrected chi connectivity index (χ0v) is 18.8. The van der Waals surface area contributed by atoms with E-state index in [1.54, 1.807) is 6.33 Å². The number of nitrogens with zero attached hydrogens (tertiary/aromatic N) is 4. The molecule has 1 N–H and O–H groups in total. The molecule has 1 aliphatic heterocycles. The van der Waals surface area contributed by atoms with E-state index in [4.69, 9.17) is 0 Å². The first-order chi connectivity index (χ1) is 16.2. The summed E-state index contributed by atoms with van der Waals surface area (Å²) in [6.45, 7) is 4.21. The van der Waals surface area contributed by atoms with Crippen LogP contribution in [-0.2, 0) is 11.1 Å². The van der Waals surface area contributed by atoms with E-state index in [2.05, 4.69) is 35.0 Å². The number of rotatable bonds is 4. The molecule has 3 heterocycles. The zero-order valence-electron chi connectivity index (χ0n) is 18.8. The number of benzene rings is 1. The third-order valence-corrected chi connectivity index (χ3v) is 7.80. The van der Waals surface area contributed by atoms with Gasteiger partial charge in [-0.3, -0.25) is 4.79 Å². The summed E-state index contributed by atoms with van der Waals surface area (Å²) in [6, 6.07) is 5.78. The summed E-state index contributed by atoms with van der Waals surface area (Å²) in [4.78, 5) is 22.7. The van der Waals surface area contributed by atoms with Crippen molar-refractivity contribution in [2.24, 2.45) is 23.2 Å². The number of hydrogen-bond donors (Lipinski definition) is 1. The first kappa shape index (κ1) is 21.2. The maximum Gasteiger partial charge on any atom is 0.504 e. The van der Waals surface area contributed by atoms with Crippen LogP contribution in [0, 0.1) is 23.2 Å². The first-order valence-corrected chi connectivity index (χ1v) is 11.5. The van der Waals surface area contributed by atoms with E-state index in [-0.39, 0.29) is 33.9 Å². The Morgan fingerprint density at radius 2 is 2.03 bits per heavy atom. The molecule has 1 amide bonds. The summed E-state index contributed by atoms with van der Waals surface area (Å²) in [5.41, 5.74) is 3.31. The molecule has 2 unspecified atom stereocenters.